The van der Waals surface area contributed by atoms with Gasteiger partial charge in [0.2, 0.25) is 11.8 Å². The number of nitrogens with zero attached hydrogens (tertiary/aromatic N) is 1. The van der Waals surface area contributed by atoms with Crippen LogP contribution in [0.3, 0.4) is 0 Å². The number of amides is 3. The van der Waals surface area contributed by atoms with Crippen LogP contribution in [0.2, 0.25) is 0 Å². The lowest BCUT2D eigenvalue weighted by molar-refractivity contribution is -0.132. The summed E-state index contributed by atoms with van der Waals surface area (Å²) in [4.78, 5) is 37.7. The highest BCUT2D eigenvalue weighted by Gasteiger charge is 2.34. The van der Waals surface area contributed by atoms with Crippen molar-refractivity contribution in [3.63, 3.8) is 0 Å². The number of furan rings is 1. The van der Waals surface area contributed by atoms with Crippen LogP contribution < -0.4 is 20.3 Å². The van der Waals surface area contributed by atoms with Gasteiger partial charge >= 0.3 is 0 Å². The van der Waals surface area contributed by atoms with Crippen LogP contribution in [0.15, 0.2) is 47.1 Å². The number of nitrogens with one attached hydrogen (secondary N) is 2. The molecule has 0 radical (unpaired) electrons. The summed E-state index contributed by atoms with van der Waals surface area (Å²) in [5.74, 6) is -0.0738. The van der Waals surface area contributed by atoms with Crippen molar-refractivity contribution < 1.29 is 28.3 Å². The summed E-state index contributed by atoms with van der Waals surface area (Å²) < 4.78 is 15.7. The Labute approximate surface area is 161 Å². The molecule has 1 aliphatic heterocycles. The molecular formula is C19H21N3O6. The second kappa shape index (κ2) is 8.94. The number of carbonyl (C=O) groups excluding carboxylic acids is 3. The minimum absolute atomic E-state index is 0.0835. The van der Waals surface area contributed by atoms with E-state index in [1.165, 1.54) is 13.4 Å². The molecule has 2 heterocycles. The number of rotatable bonds is 7. The predicted molar refractivity (Wildman–Crippen MR) is 97.0 cm³/mol. The van der Waals surface area contributed by atoms with Crippen molar-refractivity contribution in [2.75, 3.05) is 20.3 Å². The van der Waals surface area contributed by atoms with Crippen molar-refractivity contribution >= 4 is 17.7 Å². The topological polar surface area (TPSA) is 110 Å². The number of ether oxygens (including phenoxy) is 2. The number of hydrogen-bond acceptors (Lipinski definition) is 6. The fourth-order valence-corrected chi connectivity index (χ4v) is 2.84. The molecule has 2 aromatic rings. The van der Waals surface area contributed by atoms with Gasteiger partial charge in [-0.2, -0.15) is 0 Å². The number of para-hydroxylation sites is 2. The highest BCUT2D eigenvalue weighted by atomic mass is 16.5. The normalized spacial score (nSPS) is 16.0. The van der Waals surface area contributed by atoms with Gasteiger partial charge < -0.3 is 18.8 Å². The van der Waals surface area contributed by atoms with Gasteiger partial charge in [0, 0.05) is 13.0 Å². The first-order valence-corrected chi connectivity index (χ1v) is 8.71. The van der Waals surface area contributed by atoms with Crippen molar-refractivity contribution in [2.45, 2.75) is 13.0 Å². The maximum atomic E-state index is 12.2. The van der Waals surface area contributed by atoms with Gasteiger partial charge in [0.05, 0.1) is 25.8 Å². The third kappa shape index (κ3) is 4.81. The summed E-state index contributed by atoms with van der Waals surface area (Å²) in [7, 11) is 1.50. The summed E-state index contributed by atoms with van der Waals surface area (Å²) in [6.45, 7) is 0.280. The summed E-state index contributed by atoms with van der Waals surface area (Å²) in [5.41, 5.74) is 4.63. The predicted octanol–water partition coefficient (Wildman–Crippen LogP) is 0.863. The number of carbonyl (C=O) groups is 3. The van der Waals surface area contributed by atoms with Crippen LogP contribution in [0.4, 0.5) is 0 Å². The zero-order valence-electron chi connectivity index (χ0n) is 15.3. The molecule has 9 heteroatoms. The molecule has 0 aliphatic carbocycles. The van der Waals surface area contributed by atoms with Gasteiger partial charge in [0.15, 0.2) is 18.1 Å². The molecule has 1 atom stereocenters. The second-order valence-corrected chi connectivity index (χ2v) is 6.23. The van der Waals surface area contributed by atoms with Crippen molar-refractivity contribution in [1.29, 1.82) is 0 Å². The molecule has 1 unspecified atom stereocenters. The Kier molecular flexibility index (Phi) is 6.15. The van der Waals surface area contributed by atoms with E-state index < -0.39 is 17.7 Å². The molecule has 28 heavy (non-hydrogen) atoms. The minimum Gasteiger partial charge on any atom is -0.493 e. The van der Waals surface area contributed by atoms with E-state index in [1.807, 2.05) is 0 Å². The molecule has 1 aromatic heterocycles. The molecular weight excluding hydrogens is 366 g/mol. The Morgan fingerprint density at radius 1 is 1.18 bits per heavy atom. The molecule has 1 saturated heterocycles. The van der Waals surface area contributed by atoms with Crippen molar-refractivity contribution in [2.24, 2.45) is 5.92 Å². The Morgan fingerprint density at radius 3 is 2.68 bits per heavy atom. The highest BCUT2D eigenvalue weighted by Crippen LogP contribution is 2.25. The van der Waals surface area contributed by atoms with Gasteiger partial charge in [-0.05, 0) is 24.3 Å². The maximum Gasteiger partial charge on any atom is 0.276 e. The Balaban J connectivity index is 1.42. The number of likely N-dealkylation sites (tertiary alicyclic amines) is 1. The lowest BCUT2D eigenvalue weighted by Gasteiger charge is -2.15. The number of benzene rings is 1. The lowest BCUT2D eigenvalue weighted by Crippen LogP contribution is -2.46. The summed E-state index contributed by atoms with van der Waals surface area (Å²) in [5, 5.41) is 0. The molecule has 9 nitrogen and oxygen atoms in total. The lowest BCUT2D eigenvalue weighted by atomic mass is 10.1. The number of hydrogen-bond donors (Lipinski definition) is 2. The summed E-state index contributed by atoms with van der Waals surface area (Å²) in [6.07, 6.45) is 1.61. The van der Waals surface area contributed by atoms with Crippen molar-refractivity contribution in [3.8, 4) is 11.5 Å². The van der Waals surface area contributed by atoms with Crippen LogP contribution in [0.1, 0.15) is 12.2 Å². The molecule has 0 spiro atoms. The van der Waals surface area contributed by atoms with E-state index in [0.29, 0.717) is 23.8 Å². The zero-order valence-corrected chi connectivity index (χ0v) is 15.3. The first-order valence-electron chi connectivity index (χ1n) is 8.71. The van der Waals surface area contributed by atoms with Gasteiger partial charge in [-0.1, -0.05) is 12.1 Å². The SMILES string of the molecule is COc1ccccc1OCC(=O)NNC(=O)C1CC(=O)N(Cc2ccco2)C1. The fourth-order valence-electron chi connectivity index (χ4n) is 2.84. The molecule has 3 rings (SSSR count). The van der Waals surface area contributed by atoms with Gasteiger partial charge in [0.25, 0.3) is 5.91 Å². The number of hydrazine groups is 1. The van der Waals surface area contributed by atoms with E-state index >= 15 is 0 Å². The van der Waals surface area contributed by atoms with Gasteiger partial charge in [-0.15, -0.1) is 0 Å². The van der Waals surface area contributed by atoms with Crippen LogP contribution >= 0.6 is 0 Å². The highest BCUT2D eigenvalue weighted by molar-refractivity contribution is 5.90. The molecule has 1 fully saturated rings. The molecule has 148 valence electrons. The zero-order chi connectivity index (χ0) is 19.9. The molecule has 3 amide bonds. The number of methoxy groups -OCH3 is 1. The van der Waals surface area contributed by atoms with E-state index in [1.54, 1.807) is 41.3 Å². The Hall–Kier alpha value is -3.49. The van der Waals surface area contributed by atoms with E-state index in [4.69, 9.17) is 13.9 Å². The van der Waals surface area contributed by atoms with E-state index in [-0.39, 0.29) is 25.5 Å². The average Bonchev–Trinajstić information content (AvgIpc) is 3.35. The average molecular weight is 387 g/mol. The van der Waals surface area contributed by atoms with E-state index in [0.717, 1.165) is 0 Å². The van der Waals surface area contributed by atoms with Gasteiger partial charge in [0.1, 0.15) is 5.76 Å². The second-order valence-electron chi connectivity index (χ2n) is 6.23. The van der Waals surface area contributed by atoms with Crippen LogP contribution in [-0.2, 0) is 20.9 Å². The van der Waals surface area contributed by atoms with Crippen molar-refractivity contribution in [1.82, 2.24) is 15.8 Å². The molecule has 0 saturated carbocycles. The van der Waals surface area contributed by atoms with Crippen LogP contribution in [-0.4, -0.2) is 42.9 Å². The van der Waals surface area contributed by atoms with Gasteiger partial charge in [-0.3, -0.25) is 25.2 Å². The van der Waals surface area contributed by atoms with Crippen LogP contribution in [0.5, 0.6) is 11.5 Å². The summed E-state index contributed by atoms with van der Waals surface area (Å²) in [6, 6.07) is 10.4. The van der Waals surface area contributed by atoms with E-state index in [9.17, 15) is 14.4 Å². The Bertz CT molecular complexity index is 836. The molecule has 1 aliphatic rings. The minimum atomic E-state index is -0.544. The maximum absolute atomic E-state index is 12.2. The first kappa shape index (κ1) is 19.3. The smallest absolute Gasteiger partial charge is 0.276 e. The van der Waals surface area contributed by atoms with Gasteiger partial charge in [-0.25, -0.2) is 0 Å². The molecule has 0 bridgehead atoms. The molecule has 2 N–H and O–H groups in total. The fraction of sp³-hybridized carbons (Fsp3) is 0.316. The monoisotopic (exact) mass is 387 g/mol. The third-order valence-corrected chi connectivity index (χ3v) is 4.27. The summed E-state index contributed by atoms with van der Waals surface area (Å²) >= 11 is 0. The quantitative estimate of drug-likeness (QED) is 0.682. The Morgan fingerprint density at radius 2 is 1.96 bits per heavy atom. The van der Waals surface area contributed by atoms with Crippen LogP contribution in [0.25, 0.3) is 0 Å². The third-order valence-electron chi connectivity index (χ3n) is 4.27. The van der Waals surface area contributed by atoms with Crippen LogP contribution in [0, 0.1) is 5.92 Å². The molecule has 1 aromatic carbocycles. The standard InChI is InChI=1S/C19H21N3O6/c1-26-15-6-2-3-7-16(15)28-12-17(23)20-21-19(25)13-9-18(24)22(10-13)11-14-5-4-8-27-14/h2-8,13H,9-12H2,1H3,(H,20,23)(H,21,25). The van der Waals surface area contributed by atoms with Crippen molar-refractivity contribution in [3.05, 3.63) is 48.4 Å². The van der Waals surface area contributed by atoms with E-state index in [2.05, 4.69) is 10.9 Å². The largest absolute Gasteiger partial charge is 0.493 e. The first-order chi connectivity index (χ1) is 13.6.